The molecule has 0 unspecified atom stereocenters. The molecule has 30 heavy (non-hydrogen) atoms. The van der Waals surface area contributed by atoms with Gasteiger partial charge in [-0.25, -0.2) is 0 Å². The minimum absolute atomic E-state index is 0. The van der Waals surface area contributed by atoms with Crippen LogP contribution in [0.15, 0.2) is 24.5 Å². The number of ether oxygens (including phenoxy) is 1. The van der Waals surface area contributed by atoms with Crippen molar-refractivity contribution in [3.05, 3.63) is 40.2 Å². The monoisotopic (exact) mass is 1160 g/mol. The number of halogens is 7. The van der Waals surface area contributed by atoms with Crippen molar-refractivity contribution in [1.82, 2.24) is 9.80 Å². The van der Waals surface area contributed by atoms with Crippen LogP contribution >= 0.6 is 112 Å². The zero-order valence-corrected chi connectivity index (χ0v) is 30.5. The third-order valence-electron chi connectivity index (χ3n) is 3.49. The van der Waals surface area contributed by atoms with Crippen LogP contribution in [0.4, 0.5) is 11.4 Å². The molecule has 8 nitrogen and oxygen atoms in total. The van der Waals surface area contributed by atoms with Crippen molar-refractivity contribution in [3.63, 3.8) is 0 Å². The standard InChI is InChI=1S/C15H22N4O4.BrH.3I2/c1-12-9-14(19(21)22)13(16-3-7-20)10-15(12)23-8-6-18-5-4-17(2)11-18;;3*1-2/h4-5,9-10,16,20H,3,6-8,11H2,1-2H3;1H;;;/p-1. The molecule has 0 atom stereocenters. The number of hydrogen-bond donors (Lipinski definition) is 2. The summed E-state index contributed by atoms with van der Waals surface area (Å²) in [5.41, 5.74) is 1.04. The summed E-state index contributed by atoms with van der Waals surface area (Å²) >= 11 is 12.7. The van der Waals surface area contributed by atoms with Gasteiger partial charge in [0.25, 0.3) is 5.69 Å². The molecule has 0 amide bonds. The van der Waals surface area contributed by atoms with Crippen molar-refractivity contribution in [2.45, 2.75) is 6.92 Å². The number of rotatable bonds is 8. The largest absolute Gasteiger partial charge is 1.00 e. The highest BCUT2D eigenvalue weighted by atomic mass is 128. The molecule has 0 bridgehead atoms. The number of nitro groups is 1. The molecule has 2 N–H and O–H groups in total. The molecule has 0 fully saturated rings. The van der Waals surface area contributed by atoms with Crippen molar-refractivity contribution in [1.29, 1.82) is 0 Å². The highest BCUT2D eigenvalue weighted by Gasteiger charge is 2.17. The van der Waals surface area contributed by atoms with Gasteiger partial charge in [-0.3, -0.25) is 10.1 Å². The molecule has 2 rings (SSSR count). The maximum Gasteiger partial charge on any atom is 0.292 e. The minimum Gasteiger partial charge on any atom is -1.00 e. The lowest BCUT2D eigenvalue weighted by Crippen LogP contribution is -3.00. The minimum atomic E-state index is -0.443. The molecule has 1 heterocycles. The summed E-state index contributed by atoms with van der Waals surface area (Å²) in [6.45, 7) is 3.96. The van der Waals surface area contributed by atoms with Crippen LogP contribution in [0.25, 0.3) is 0 Å². The van der Waals surface area contributed by atoms with Crippen LogP contribution in [-0.2, 0) is 0 Å². The summed E-state index contributed by atoms with van der Waals surface area (Å²) in [7, 11) is 2.00. The van der Waals surface area contributed by atoms with Gasteiger partial charge in [0.1, 0.15) is 18.0 Å². The molecule has 15 heteroatoms. The molecule has 176 valence electrons. The Morgan fingerprint density at radius 2 is 1.80 bits per heavy atom. The van der Waals surface area contributed by atoms with Gasteiger partial charge in [-0.1, -0.05) is 0 Å². The van der Waals surface area contributed by atoms with Crippen LogP contribution in [0.3, 0.4) is 0 Å². The Labute approximate surface area is 258 Å². The van der Waals surface area contributed by atoms with E-state index in [4.69, 9.17) is 9.84 Å². The van der Waals surface area contributed by atoms with Gasteiger partial charge in [0.05, 0.1) is 24.7 Å². The summed E-state index contributed by atoms with van der Waals surface area (Å²) in [5, 5.41) is 22.8. The molecular formula is C15H22BrI6N4O4-. The van der Waals surface area contributed by atoms with Gasteiger partial charge in [-0.2, -0.15) is 0 Å². The van der Waals surface area contributed by atoms with Crippen LogP contribution in [0, 0.1) is 17.0 Å². The number of nitrogens with zero attached hydrogens (tertiary/aromatic N) is 3. The average molecular weight is 1160 g/mol. The molecule has 0 saturated carbocycles. The zero-order chi connectivity index (χ0) is 22.8. The highest BCUT2D eigenvalue weighted by molar-refractivity contribution is 15.0. The fraction of sp³-hybridized carbons (Fsp3) is 0.467. The Morgan fingerprint density at radius 3 is 2.27 bits per heavy atom. The van der Waals surface area contributed by atoms with E-state index in [1.165, 1.54) is 6.07 Å². The summed E-state index contributed by atoms with van der Waals surface area (Å²) in [4.78, 5) is 14.8. The number of aliphatic hydroxyl groups is 1. The normalized spacial score (nSPS) is 11.0. The first-order chi connectivity index (χ1) is 14.0. The van der Waals surface area contributed by atoms with Gasteiger partial charge < -0.3 is 41.9 Å². The van der Waals surface area contributed by atoms with Crippen LogP contribution in [0.2, 0.25) is 0 Å². The number of anilines is 1. The Hall–Kier alpha value is 2.38. The molecule has 1 aliphatic heterocycles. The van der Waals surface area contributed by atoms with Gasteiger partial charge in [0.2, 0.25) is 0 Å². The van der Waals surface area contributed by atoms with Crippen LogP contribution < -0.4 is 27.0 Å². The van der Waals surface area contributed by atoms with E-state index in [0.717, 1.165) is 13.2 Å². The third-order valence-corrected chi connectivity index (χ3v) is 3.49. The SMILES string of the molecule is Cc1cc([N+](=O)[O-])c(NCCO)cc1OCCN1C=CN(C)C1.II.II.II.[Br-]. The Morgan fingerprint density at radius 1 is 1.20 bits per heavy atom. The van der Waals surface area contributed by atoms with E-state index < -0.39 is 4.92 Å². The smallest absolute Gasteiger partial charge is 0.292 e. The summed E-state index contributed by atoms with van der Waals surface area (Å²) in [6, 6.07) is 3.10. The van der Waals surface area contributed by atoms with Gasteiger partial charge in [0.15, 0.2) is 0 Å². The number of aliphatic hydroxyl groups excluding tert-OH is 1. The van der Waals surface area contributed by atoms with E-state index in [1.54, 1.807) is 13.0 Å². The number of nitro benzene ring substituents is 1. The van der Waals surface area contributed by atoms with Crippen molar-refractivity contribution < 1.29 is 31.7 Å². The van der Waals surface area contributed by atoms with Crippen LogP contribution in [-0.4, -0.2) is 59.8 Å². The number of nitrogens with one attached hydrogen (secondary N) is 1. The summed E-state index contributed by atoms with van der Waals surface area (Å²) in [5.74, 6) is 0.604. The topological polar surface area (TPSA) is 91.1 Å². The second-order valence-corrected chi connectivity index (χ2v) is 5.40. The maximum atomic E-state index is 11.1. The number of hydrogen-bond acceptors (Lipinski definition) is 7. The average Bonchev–Trinajstić information content (AvgIpc) is 3.17. The highest BCUT2D eigenvalue weighted by Crippen LogP contribution is 2.32. The van der Waals surface area contributed by atoms with Gasteiger partial charge >= 0.3 is 0 Å². The fourth-order valence-corrected chi connectivity index (χ4v) is 2.32. The number of benzene rings is 1. The van der Waals surface area contributed by atoms with Gasteiger partial charge in [0, 0.05) is 150 Å². The van der Waals surface area contributed by atoms with E-state index in [2.05, 4.69) is 127 Å². The summed E-state index contributed by atoms with van der Waals surface area (Å²) < 4.78 is 5.77. The second-order valence-electron chi connectivity index (χ2n) is 5.40. The first kappa shape index (κ1) is 36.9. The molecular weight excluding hydrogens is 1140 g/mol. The molecule has 0 radical (unpaired) electrons. The lowest BCUT2D eigenvalue weighted by atomic mass is 10.1. The Kier molecular flexibility index (Phi) is 30.2. The van der Waals surface area contributed by atoms with E-state index in [-0.39, 0.29) is 35.8 Å². The van der Waals surface area contributed by atoms with E-state index >= 15 is 0 Å². The van der Waals surface area contributed by atoms with Gasteiger partial charge in [-0.15, -0.1) is 0 Å². The maximum absolute atomic E-state index is 11.1. The first-order valence-corrected chi connectivity index (χ1v) is 26.7. The fourth-order valence-electron chi connectivity index (χ4n) is 2.32. The molecule has 0 spiro atoms. The molecule has 0 aromatic heterocycles. The predicted molar refractivity (Wildman–Crippen MR) is 171 cm³/mol. The lowest BCUT2D eigenvalue weighted by molar-refractivity contribution is -0.384. The first-order valence-electron chi connectivity index (χ1n) is 7.83. The van der Waals surface area contributed by atoms with Crippen molar-refractivity contribution in [2.75, 3.05) is 45.3 Å². The number of aryl methyl sites for hydroxylation is 1. The summed E-state index contributed by atoms with van der Waals surface area (Å²) in [6.07, 6.45) is 3.99. The van der Waals surface area contributed by atoms with Crippen molar-refractivity contribution >= 4 is 123 Å². The zero-order valence-electron chi connectivity index (χ0n) is 16.0. The quantitative estimate of drug-likeness (QED) is 0.234. The molecule has 1 aromatic carbocycles. The third kappa shape index (κ3) is 15.3. The van der Waals surface area contributed by atoms with Crippen LogP contribution in [0.1, 0.15) is 5.56 Å². The van der Waals surface area contributed by atoms with Gasteiger partial charge in [-0.05, 0) is 12.5 Å². The Bertz CT molecular complexity index is 619. The lowest BCUT2D eigenvalue weighted by Gasteiger charge is -2.19. The predicted octanol–water partition coefficient (Wildman–Crippen LogP) is 3.68. The van der Waals surface area contributed by atoms with Crippen LogP contribution in [0.5, 0.6) is 5.75 Å². The molecule has 0 aliphatic carbocycles. The van der Waals surface area contributed by atoms with Crippen molar-refractivity contribution in [2.24, 2.45) is 0 Å². The Balaban J connectivity index is -0.000000955. The van der Waals surface area contributed by atoms with E-state index in [1.807, 2.05) is 19.4 Å². The molecule has 0 saturated heterocycles. The van der Waals surface area contributed by atoms with E-state index in [9.17, 15) is 10.1 Å². The molecule has 1 aliphatic rings. The molecule has 1 aromatic rings. The van der Waals surface area contributed by atoms with E-state index in [0.29, 0.717) is 23.6 Å². The second kappa shape index (κ2) is 24.5. The van der Waals surface area contributed by atoms with Crippen molar-refractivity contribution in [3.8, 4) is 5.75 Å².